The van der Waals surface area contributed by atoms with Crippen molar-refractivity contribution in [2.75, 3.05) is 33.3 Å². The summed E-state index contributed by atoms with van der Waals surface area (Å²) in [6.45, 7) is 7.37. The summed E-state index contributed by atoms with van der Waals surface area (Å²) in [6.07, 6.45) is 1.19. The van der Waals surface area contributed by atoms with E-state index in [0.717, 1.165) is 13.1 Å². The van der Waals surface area contributed by atoms with Crippen LogP contribution in [0, 0.1) is 0 Å². The predicted octanol–water partition coefficient (Wildman–Crippen LogP) is 0.299. The minimum atomic E-state index is 0.229. The van der Waals surface area contributed by atoms with Crippen molar-refractivity contribution in [2.45, 2.75) is 26.3 Å². The first kappa shape index (κ1) is 11.9. The zero-order valence-corrected chi connectivity index (χ0v) is 8.51. The van der Waals surface area contributed by atoms with Crippen LogP contribution in [0.15, 0.2) is 0 Å². The van der Waals surface area contributed by atoms with Crippen LogP contribution >= 0.6 is 0 Å². The van der Waals surface area contributed by atoms with E-state index < -0.39 is 0 Å². The van der Waals surface area contributed by atoms with Crippen molar-refractivity contribution >= 4 is 0 Å². The summed E-state index contributed by atoms with van der Waals surface area (Å²) >= 11 is 0. The Balaban J connectivity index is 3.24. The van der Waals surface area contributed by atoms with Crippen molar-refractivity contribution in [1.29, 1.82) is 0 Å². The minimum absolute atomic E-state index is 0.229. The van der Waals surface area contributed by atoms with Gasteiger partial charge in [-0.15, -0.1) is 0 Å². The van der Waals surface area contributed by atoms with Crippen LogP contribution in [0.3, 0.4) is 0 Å². The van der Waals surface area contributed by atoms with E-state index in [1.165, 1.54) is 6.42 Å². The van der Waals surface area contributed by atoms with E-state index >= 15 is 0 Å². The number of likely N-dealkylation sites (N-methyl/N-ethyl adjacent to an activating group) is 1. The van der Waals surface area contributed by atoms with Crippen LogP contribution in [0.2, 0.25) is 0 Å². The van der Waals surface area contributed by atoms with Crippen molar-refractivity contribution in [3.05, 3.63) is 0 Å². The standard InChI is InChI=1S/C9H22N2O/c1-4-9(2)11(3)7-5-10-6-8-12/h9-10,12H,4-8H2,1-3H3. The summed E-state index contributed by atoms with van der Waals surface area (Å²) in [5.74, 6) is 0. The zero-order chi connectivity index (χ0) is 9.40. The van der Waals surface area contributed by atoms with E-state index in [1.54, 1.807) is 0 Å². The molecular formula is C9H22N2O. The molecule has 0 aliphatic heterocycles. The number of nitrogens with zero attached hydrogens (tertiary/aromatic N) is 1. The van der Waals surface area contributed by atoms with Crippen molar-refractivity contribution in [1.82, 2.24) is 10.2 Å². The Morgan fingerprint density at radius 3 is 2.58 bits per heavy atom. The largest absolute Gasteiger partial charge is 0.395 e. The van der Waals surface area contributed by atoms with E-state index in [2.05, 4.69) is 31.1 Å². The Hall–Kier alpha value is -0.120. The third-order valence-electron chi connectivity index (χ3n) is 2.27. The molecule has 0 aromatic heterocycles. The van der Waals surface area contributed by atoms with Gasteiger partial charge in [0, 0.05) is 25.7 Å². The second-order valence-corrected chi connectivity index (χ2v) is 3.21. The SMILES string of the molecule is CCC(C)N(C)CCNCCO. The van der Waals surface area contributed by atoms with E-state index in [-0.39, 0.29) is 6.61 Å². The van der Waals surface area contributed by atoms with Crippen LogP contribution in [-0.4, -0.2) is 49.3 Å². The van der Waals surface area contributed by atoms with Gasteiger partial charge in [0.1, 0.15) is 0 Å². The monoisotopic (exact) mass is 174 g/mol. The molecule has 0 heterocycles. The molecule has 0 bridgehead atoms. The second kappa shape index (κ2) is 7.53. The first-order valence-electron chi connectivity index (χ1n) is 4.74. The van der Waals surface area contributed by atoms with Gasteiger partial charge in [0.05, 0.1) is 6.61 Å². The molecule has 0 fully saturated rings. The van der Waals surface area contributed by atoms with Crippen LogP contribution in [0.1, 0.15) is 20.3 Å². The normalized spacial score (nSPS) is 13.8. The first-order chi connectivity index (χ1) is 5.72. The van der Waals surface area contributed by atoms with Gasteiger partial charge in [-0.05, 0) is 20.4 Å². The van der Waals surface area contributed by atoms with Gasteiger partial charge in [-0.3, -0.25) is 0 Å². The maximum atomic E-state index is 8.51. The molecular weight excluding hydrogens is 152 g/mol. The number of nitrogens with one attached hydrogen (secondary N) is 1. The van der Waals surface area contributed by atoms with E-state index in [1.807, 2.05) is 0 Å². The number of aliphatic hydroxyl groups excluding tert-OH is 1. The van der Waals surface area contributed by atoms with Gasteiger partial charge < -0.3 is 15.3 Å². The number of aliphatic hydroxyl groups is 1. The van der Waals surface area contributed by atoms with Crippen LogP contribution in [0.4, 0.5) is 0 Å². The molecule has 74 valence electrons. The van der Waals surface area contributed by atoms with Gasteiger partial charge >= 0.3 is 0 Å². The van der Waals surface area contributed by atoms with Crippen molar-refractivity contribution in [3.8, 4) is 0 Å². The zero-order valence-electron chi connectivity index (χ0n) is 8.51. The fourth-order valence-corrected chi connectivity index (χ4v) is 0.992. The molecule has 1 atom stereocenters. The molecule has 0 spiro atoms. The molecule has 2 N–H and O–H groups in total. The summed E-state index contributed by atoms with van der Waals surface area (Å²) in [4.78, 5) is 2.32. The van der Waals surface area contributed by atoms with Crippen LogP contribution in [-0.2, 0) is 0 Å². The maximum Gasteiger partial charge on any atom is 0.0555 e. The number of rotatable bonds is 7. The Kier molecular flexibility index (Phi) is 7.45. The highest BCUT2D eigenvalue weighted by Crippen LogP contribution is 1.97. The fourth-order valence-electron chi connectivity index (χ4n) is 0.992. The molecule has 0 rings (SSSR count). The predicted molar refractivity (Wildman–Crippen MR) is 52.3 cm³/mol. The Morgan fingerprint density at radius 2 is 2.08 bits per heavy atom. The van der Waals surface area contributed by atoms with Gasteiger partial charge in [0.15, 0.2) is 0 Å². The summed E-state index contributed by atoms with van der Waals surface area (Å²) in [7, 11) is 2.13. The molecule has 0 aliphatic carbocycles. The maximum absolute atomic E-state index is 8.51. The molecule has 0 radical (unpaired) electrons. The lowest BCUT2D eigenvalue weighted by atomic mass is 10.2. The summed E-state index contributed by atoms with van der Waals surface area (Å²) in [5.41, 5.74) is 0. The van der Waals surface area contributed by atoms with Crippen LogP contribution in [0.5, 0.6) is 0 Å². The van der Waals surface area contributed by atoms with Crippen molar-refractivity contribution in [2.24, 2.45) is 0 Å². The fraction of sp³-hybridized carbons (Fsp3) is 1.00. The third kappa shape index (κ3) is 5.52. The van der Waals surface area contributed by atoms with E-state index in [9.17, 15) is 0 Å². The van der Waals surface area contributed by atoms with E-state index in [4.69, 9.17) is 5.11 Å². The molecule has 3 nitrogen and oxygen atoms in total. The van der Waals surface area contributed by atoms with Gasteiger partial charge in [-0.25, -0.2) is 0 Å². The third-order valence-corrected chi connectivity index (χ3v) is 2.27. The number of hydrogen-bond donors (Lipinski definition) is 2. The van der Waals surface area contributed by atoms with Gasteiger partial charge in [-0.2, -0.15) is 0 Å². The molecule has 3 heteroatoms. The quantitative estimate of drug-likeness (QED) is 0.545. The van der Waals surface area contributed by atoms with Gasteiger partial charge in [0.25, 0.3) is 0 Å². The topological polar surface area (TPSA) is 35.5 Å². The molecule has 0 saturated carbocycles. The molecule has 0 amide bonds. The average Bonchev–Trinajstić information content (AvgIpc) is 2.10. The minimum Gasteiger partial charge on any atom is -0.395 e. The molecule has 0 aromatic rings. The molecule has 0 aromatic carbocycles. The van der Waals surface area contributed by atoms with Crippen molar-refractivity contribution < 1.29 is 5.11 Å². The van der Waals surface area contributed by atoms with E-state index in [0.29, 0.717) is 12.6 Å². The Morgan fingerprint density at radius 1 is 1.42 bits per heavy atom. The van der Waals surface area contributed by atoms with Gasteiger partial charge in [0.2, 0.25) is 0 Å². The van der Waals surface area contributed by atoms with Gasteiger partial charge in [-0.1, -0.05) is 6.92 Å². The first-order valence-corrected chi connectivity index (χ1v) is 4.74. The lowest BCUT2D eigenvalue weighted by Gasteiger charge is -2.23. The molecule has 12 heavy (non-hydrogen) atoms. The highest BCUT2D eigenvalue weighted by molar-refractivity contribution is 4.61. The van der Waals surface area contributed by atoms with Crippen LogP contribution in [0.25, 0.3) is 0 Å². The van der Waals surface area contributed by atoms with Crippen LogP contribution < -0.4 is 5.32 Å². The number of hydrogen-bond acceptors (Lipinski definition) is 3. The smallest absolute Gasteiger partial charge is 0.0555 e. The summed E-state index contributed by atoms with van der Waals surface area (Å²) in [5, 5.41) is 11.7. The molecule has 0 aliphatic rings. The summed E-state index contributed by atoms with van der Waals surface area (Å²) < 4.78 is 0. The lowest BCUT2D eigenvalue weighted by molar-refractivity contribution is 0.244. The highest BCUT2D eigenvalue weighted by atomic mass is 16.3. The molecule has 1 unspecified atom stereocenters. The van der Waals surface area contributed by atoms with Crippen molar-refractivity contribution in [3.63, 3.8) is 0 Å². The summed E-state index contributed by atoms with van der Waals surface area (Å²) in [6, 6.07) is 0.654. The lowest BCUT2D eigenvalue weighted by Crippen LogP contribution is -2.35. The molecule has 0 saturated heterocycles. The highest BCUT2D eigenvalue weighted by Gasteiger charge is 2.04. The Bertz CT molecular complexity index is 98.5. The Labute approximate surface area is 75.8 Å². The second-order valence-electron chi connectivity index (χ2n) is 3.21. The average molecular weight is 174 g/mol.